The summed E-state index contributed by atoms with van der Waals surface area (Å²) in [5.74, 6) is 0. The van der Waals surface area contributed by atoms with Crippen LogP contribution in [0.4, 0.5) is 0 Å². The second kappa shape index (κ2) is 5.22. The van der Waals surface area contributed by atoms with E-state index in [0.29, 0.717) is 32.8 Å². The molecular formula is C8H19N3O3S. The van der Waals surface area contributed by atoms with Gasteiger partial charge in [0.15, 0.2) is 0 Å². The molecule has 1 rings (SSSR count). The first-order valence-electron chi connectivity index (χ1n) is 4.99. The Kier molecular flexibility index (Phi) is 4.47. The van der Waals surface area contributed by atoms with Gasteiger partial charge in [-0.25, -0.2) is 0 Å². The van der Waals surface area contributed by atoms with Crippen molar-refractivity contribution in [1.29, 1.82) is 0 Å². The molecule has 0 bridgehead atoms. The number of nitrogens with zero attached hydrogens (tertiary/aromatic N) is 2. The lowest BCUT2D eigenvalue weighted by Crippen LogP contribution is -2.49. The van der Waals surface area contributed by atoms with Crippen molar-refractivity contribution >= 4 is 10.2 Å². The highest BCUT2D eigenvalue weighted by molar-refractivity contribution is 7.86. The van der Waals surface area contributed by atoms with Crippen molar-refractivity contribution in [2.24, 2.45) is 5.73 Å². The minimum atomic E-state index is -3.35. The zero-order valence-electron chi connectivity index (χ0n) is 9.22. The second-order valence-corrected chi connectivity index (χ2v) is 5.81. The molecule has 90 valence electrons. The molecule has 7 heteroatoms. The molecule has 0 amide bonds. The lowest BCUT2D eigenvalue weighted by Gasteiger charge is -2.30. The maximum atomic E-state index is 12.0. The van der Waals surface area contributed by atoms with Crippen LogP contribution in [-0.2, 0) is 14.9 Å². The summed E-state index contributed by atoms with van der Waals surface area (Å²) >= 11 is 0. The predicted octanol–water partition coefficient (Wildman–Crippen LogP) is -1.16. The Morgan fingerprint density at radius 2 is 2.00 bits per heavy atom. The summed E-state index contributed by atoms with van der Waals surface area (Å²) < 4.78 is 31.8. The Bertz CT molecular complexity index is 286. The zero-order chi connectivity index (χ0) is 11.5. The molecule has 1 heterocycles. The molecule has 0 aromatic heterocycles. The number of ether oxygens (including phenoxy) is 1. The quantitative estimate of drug-likeness (QED) is 0.669. The molecule has 1 aliphatic rings. The molecule has 6 nitrogen and oxygen atoms in total. The van der Waals surface area contributed by atoms with Crippen LogP contribution in [0.15, 0.2) is 0 Å². The molecule has 1 saturated heterocycles. The smallest absolute Gasteiger partial charge is 0.281 e. The van der Waals surface area contributed by atoms with Crippen molar-refractivity contribution in [2.45, 2.75) is 13.0 Å². The van der Waals surface area contributed by atoms with E-state index in [9.17, 15) is 8.42 Å². The number of rotatable bonds is 4. The molecule has 0 radical (unpaired) electrons. The fraction of sp³-hybridized carbons (Fsp3) is 1.00. The maximum absolute atomic E-state index is 12.0. The van der Waals surface area contributed by atoms with Crippen LogP contribution in [-0.4, -0.2) is 63.0 Å². The fourth-order valence-corrected chi connectivity index (χ4v) is 2.90. The summed E-state index contributed by atoms with van der Waals surface area (Å²) in [6.07, 6.45) is 0. The average molecular weight is 237 g/mol. The lowest BCUT2D eigenvalue weighted by molar-refractivity contribution is 0.0705. The van der Waals surface area contributed by atoms with Gasteiger partial charge in [0.1, 0.15) is 0 Å². The molecule has 0 aliphatic carbocycles. The van der Waals surface area contributed by atoms with E-state index < -0.39 is 10.2 Å². The van der Waals surface area contributed by atoms with Gasteiger partial charge in [-0.2, -0.15) is 17.0 Å². The topological polar surface area (TPSA) is 75.9 Å². The van der Waals surface area contributed by atoms with Gasteiger partial charge in [-0.15, -0.1) is 0 Å². The Hall–Kier alpha value is -0.210. The number of likely N-dealkylation sites (N-methyl/N-ethyl adjacent to an activating group) is 1. The summed E-state index contributed by atoms with van der Waals surface area (Å²) in [4.78, 5) is 0. The van der Waals surface area contributed by atoms with Gasteiger partial charge < -0.3 is 10.5 Å². The maximum Gasteiger partial charge on any atom is 0.281 e. The molecule has 15 heavy (non-hydrogen) atoms. The van der Waals surface area contributed by atoms with Crippen molar-refractivity contribution < 1.29 is 13.2 Å². The third-order valence-corrected chi connectivity index (χ3v) is 4.19. The molecule has 1 fully saturated rings. The third kappa shape index (κ3) is 3.39. The van der Waals surface area contributed by atoms with Gasteiger partial charge >= 0.3 is 0 Å². The lowest BCUT2D eigenvalue weighted by atomic mass is 10.4. The number of hydrogen-bond acceptors (Lipinski definition) is 4. The van der Waals surface area contributed by atoms with Crippen LogP contribution in [0.25, 0.3) is 0 Å². The third-order valence-electron chi connectivity index (χ3n) is 2.24. The molecule has 0 spiro atoms. The molecule has 1 atom stereocenters. The van der Waals surface area contributed by atoms with E-state index in [1.54, 1.807) is 14.0 Å². The highest BCUT2D eigenvalue weighted by atomic mass is 32.2. The highest BCUT2D eigenvalue weighted by Crippen LogP contribution is 2.09. The SMILES string of the molecule is CC(N)CN(C)S(=O)(=O)N1CCOCC1. The van der Waals surface area contributed by atoms with E-state index in [0.717, 1.165) is 0 Å². The summed E-state index contributed by atoms with van der Waals surface area (Å²) in [6, 6.07) is -0.161. The number of hydrogen-bond donors (Lipinski definition) is 1. The molecule has 2 N–H and O–H groups in total. The van der Waals surface area contributed by atoms with Crippen LogP contribution in [0.1, 0.15) is 6.92 Å². The normalized spacial score (nSPS) is 21.9. The standard InChI is InChI=1S/C8H19N3O3S/c1-8(9)7-10(2)15(12,13)11-3-5-14-6-4-11/h8H,3-7,9H2,1-2H3. The molecule has 1 unspecified atom stereocenters. The summed E-state index contributed by atoms with van der Waals surface area (Å²) in [5, 5.41) is 0. The van der Waals surface area contributed by atoms with Crippen LogP contribution in [0.5, 0.6) is 0 Å². The minimum Gasteiger partial charge on any atom is -0.379 e. The molecule has 0 aromatic carbocycles. The summed E-state index contributed by atoms with van der Waals surface area (Å²) in [5.41, 5.74) is 5.57. The van der Waals surface area contributed by atoms with E-state index >= 15 is 0 Å². The Balaban J connectivity index is 2.63. The van der Waals surface area contributed by atoms with Crippen molar-refractivity contribution in [3.8, 4) is 0 Å². The van der Waals surface area contributed by atoms with Gasteiger partial charge in [0.05, 0.1) is 13.2 Å². The first-order chi connectivity index (χ1) is 6.94. The molecule has 0 aromatic rings. The van der Waals surface area contributed by atoms with Crippen molar-refractivity contribution in [3.05, 3.63) is 0 Å². The molecule has 0 saturated carbocycles. The molecular weight excluding hydrogens is 218 g/mol. The monoisotopic (exact) mass is 237 g/mol. The van der Waals surface area contributed by atoms with Gasteiger partial charge in [0.25, 0.3) is 10.2 Å². The Labute approximate surface area is 91.2 Å². The first kappa shape index (κ1) is 12.9. The van der Waals surface area contributed by atoms with Crippen LogP contribution in [0, 0.1) is 0 Å². The van der Waals surface area contributed by atoms with Crippen LogP contribution in [0.2, 0.25) is 0 Å². The minimum absolute atomic E-state index is 0.161. The predicted molar refractivity (Wildman–Crippen MR) is 57.6 cm³/mol. The van der Waals surface area contributed by atoms with E-state index in [-0.39, 0.29) is 6.04 Å². The van der Waals surface area contributed by atoms with E-state index in [1.165, 1.54) is 8.61 Å². The van der Waals surface area contributed by atoms with Gasteiger partial charge in [-0.3, -0.25) is 0 Å². The largest absolute Gasteiger partial charge is 0.379 e. The van der Waals surface area contributed by atoms with Crippen molar-refractivity contribution in [3.63, 3.8) is 0 Å². The summed E-state index contributed by atoms with van der Waals surface area (Å²) in [7, 11) is -1.80. The summed E-state index contributed by atoms with van der Waals surface area (Å²) in [6.45, 7) is 3.89. The van der Waals surface area contributed by atoms with E-state index in [1.807, 2.05) is 0 Å². The number of morpholine rings is 1. The van der Waals surface area contributed by atoms with E-state index in [2.05, 4.69) is 0 Å². The van der Waals surface area contributed by atoms with Gasteiger partial charge in [0.2, 0.25) is 0 Å². The van der Waals surface area contributed by atoms with Crippen LogP contribution >= 0.6 is 0 Å². The van der Waals surface area contributed by atoms with Crippen LogP contribution in [0.3, 0.4) is 0 Å². The number of nitrogens with two attached hydrogens (primary N) is 1. The zero-order valence-corrected chi connectivity index (χ0v) is 10.0. The van der Waals surface area contributed by atoms with E-state index in [4.69, 9.17) is 10.5 Å². The van der Waals surface area contributed by atoms with Crippen molar-refractivity contribution in [1.82, 2.24) is 8.61 Å². The first-order valence-corrected chi connectivity index (χ1v) is 6.39. The van der Waals surface area contributed by atoms with Crippen LogP contribution < -0.4 is 5.73 Å². The van der Waals surface area contributed by atoms with Gasteiger partial charge in [-0.05, 0) is 6.92 Å². The average Bonchev–Trinajstić information content (AvgIpc) is 2.18. The molecule has 1 aliphatic heterocycles. The van der Waals surface area contributed by atoms with Crippen molar-refractivity contribution in [2.75, 3.05) is 39.9 Å². The fourth-order valence-electron chi connectivity index (χ4n) is 1.47. The second-order valence-electron chi connectivity index (χ2n) is 3.78. The Morgan fingerprint density at radius 1 is 1.47 bits per heavy atom. The van der Waals surface area contributed by atoms with Gasteiger partial charge in [-0.1, -0.05) is 0 Å². The van der Waals surface area contributed by atoms with Gasteiger partial charge in [0, 0.05) is 32.7 Å². The highest BCUT2D eigenvalue weighted by Gasteiger charge is 2.28. The Morgan fingerprint density at radius 3 is 2.47 bits per heavy atom.